The number of allylic oxidation sites excluding steroid dienone is 1. The zero-order valence-electron chi connectivity index (χ0n) is 11.5. The molecule has 0 heterocycles. The molecule has 0 radical (unpaired) electrons. The molecule has 0 aromatic heterocycles. The third kappa shape index (κ3) is 10.9. The first-order valence-corrected chi connectivity index (χ1v) is 10.0. The molecule has 2 nitrogen and oxygen atoms in total. The molecule has 0 aliphatic rings. The van der Waals surface area contributed by atoms with E-state index in [0.717, 1.165) is 0 Å². The average molecular weight is 465 g/mol. The van der Waals surface area contributed by atoms with Crippen molar-refractivity contribution in [2.24, 2.45) is 0 Å². The highest BCUT2D eigenvalue weighted by atomic mass is 35.6. The van der Waals surface area contributed by atoms with Crippen LogP contribution in [0.5, 0.6) is 0 Å². The van der Waals surface area contributed by atoms with Gasteiger partial charge >= 0.3 is 0 Å². The summed E-state index contributed by atoms with van der Waals surface area (Å²) in [7, 11) is -1.96. The van der Waals surface area contributed by atoms with Gasteiger partial charge in [0.15, 0.2) is 0 Å². The maximum atomic E-state index is 12.1. The van der Waals surface area contributed by atoms with E-state index in [-0.39, 0.29) is 4.91 Å². The highest BCUT2D eigenvalue weighted by molar-refractivity contribution is 8.00. The summed E-state index contributed by atoms with van der Waals surface area (Å²) in [6, 6.07) is 0. The maximum absolute atomic E-state index is 12.1. The number of alkyl halides is 6. The molecule has 0 amide bonds. The molecule has 10 heteroatoms. The Hall–Kier alpha value is 1.28. The Morgan fingerprint density at radius 1 is 1.27 bits per heavy atom. The van der Waals surface area contributed by atoms with Crippen molar-refractivity contribution in [3.8, 4) is 11.8 Å². The Kier molecular flexibility index (Phi) is 11.6. The standard InChI is InChI=1S/C12H12Cl6O2S2/c1-3-5-6-10(22(19)12(16,17)18)8-7-9(4-2)20-21-11(13,14)15/h5,9H,3-4H2,1-2H3. The van der Waals surface area contributed by atoms with Gasteiger partial charge in [0.25, 0.3) is 6.25 Å². The number of halogens is 6. The van der Waals surface area contributed by atoms with E-state index in [4.69, 9.17) is 73.8 Å². The van der Waals surface area contributed by atoms with Gasteiger partial charge in [0.05, 0.1) is 0 Å². The first-order chi connectivity index (χ1) is 10.0. The Labute approximate surface area is 167 Å². The maximum Gasteiger partial charge on any atom is 0.271 e. The van der Waals surface area contributed by atoms with Crippen LogP contribution < -0.4 is 0 Å². The molecule has 2 atom stereocenters. The molecule has 0 fully saturated rings. The molecule has 0 aromatic carbocycles. The van der Waals surface area contributed by atoms with Crippen LogP contribution in [0, 0.1) is 11.8 Å². The van der Waals surface area contributed by atoms with Crippen molar-refractivity contribution in [3.05, 3.63) is 16.7 Å². The van der Waals surface area contributed by atoms with Crippen molar-refractivity contribution < 1.29 is 8.39 Å². The van der Waals surface area contributed by atoms with E-state index in [1.165, 1.54) is 0 Å². The lowest BCUT2D eigenvalue weighted by atomic mass is 10.3. The van der Waals surface area contributed by atoms with Gasteiger partial charge in [0, 0.05) is 12.0 Å². The molecule has 0 bridgehead atoms. The van der Waals surface area contributed by atoms with E-state index >= 15 is 0 Å². The van der Waals surface area contributed by atoms with Gasteiger partial charge in [0.1, 0.15) is 21.8 Å². The lowest BCUT2D eigenvalue weighted by Crippen LogP contribution is -2.13. The Balaban J connectivity index is 5.25. The van der Waals surface area contributed by atoms with Crippen molar-refractivity contribution in [3.63, 3.8) is 0 Å². The second-order valence-corrected chi connectivity index (χ2v) is 12.0. The van der Waals surface area contributed by atoms with Gasteiger partial charge in [-0.3, -0.25) is 4.18 Å². The third-order valence-corrected chi connectivity index (χ3v) is 5.17. The zero-order valence-corrected chi connectivity index (χ0v) is 17.6. The Morgan fingerprint density at radius 3 is 2.27 bits per heavy atom. The normalized spacial score (nSPS) is 14.4. The number of hydrogen-bond donors (Lipinski definition) is 0. The molecule has 22 heavy (non-hydrogen) atoms. The fraction of sp³-hybridized carbons (Fsp3) is 0.583. The summed E-state index contributed by atoms with van der Waals surface area (Å²) in [5.74, 6) is 5.40. The fourth-order valence-electron chi connectivity index (χ4n) is 0.899. The largest absolute Gasteiger partial charge is 0.295 e. The van der Waals surface area contributed by atoms with Gasteiger partial charge in [0.2, 0.25) is 0 Å². The van der Waals surface area contributed by atoms with Gasteiger partial charge in [-0.15, -0.1) is 0 Å². The van der Waals surface area contributed by atoms with E-state index in [9.17, 15) is 4.21 Å². The number of rotatable bonds is 5. The van der Waals surface area contributed by atoms with Crippen molar-refractivity contribution in [2.75, 3.05) is 0 Å². The van der Waals surface area contributed by atoms with Gasteiger partial charge in [-0.05, 0) is 24.8 Å². The first-order valence-electron chi connectivity index (χ1n) is 5.87. The van der Waals surface area contributed by atoms with Crippen LogP contribution in [0.25, 0.3) is 0 Å². The monoisotopic (exact) mass is 462 g/mol. The number of hydrogen-bond acceptors (Lipinski definition) is 3. The Morgan fingerprint density at radius 2 is 1.86 bits per heavy atom. The molecular formula is C12H12Cl6O2S2. The van der Waals surface area contributed by atoms with Gasteiger partial charge < -0.3 is 0 Å². The average Bonchev–Trinajstić information content (AvgIpc) is 2.39. The summed E-state index contributed by atoms with van der Waals surface area (Å²) in [4.78, 5) is 0.0581. The molecule has 0 aromatic rings. The van der Waals surface area contributed by atoms with Crippen LogP contribution >= 0.6 is 81.6 Å². The quantitative estimate of drug-likeness (QED) is 0.207. The lowest BCUT2D eigenvalue weighted by molar-refractivity contribution is 0.301. The second kappa shape index (κ2) is 11.0. The van der Waals surface area contributed by atoms with Crippen LogP contribution in [0.1, 0.15) is 26.7 Å². The third-order valence-electron chi connectivity index (χ3n) is 1.81. The van der Waals surface area contributed by atoms with Gasteiger partial charge in [-0.2, -0.15) is 0 Å². The summed E-state index contributed by atoms with van der Waals surface area (Å²) < 4.78 is 13.7. The van der Waals surface area contributed by atoms with Crippen molar-refractivity contribution in [2.45, 2.75) is 39.0 Å². The minimum Gasteiger partial charge on any atom is -0.295 e. The van der Waals surface area contributed by atoms with E-state index in [0.29, 0.717) is 24.9 Å². The molecule has 0 aliphatic heterocycles. The summed E-state index contributed by atoms with van der Waals surface area (Å²) in [6.45, 7) is 3.71. The predicted octanol–water partition coefficient (Wildman–Crippen LogP) is 6.29. The van der Waals surface area contributed by atoms with Crippen LogP contribution in [-0.4, -0.2) is 16.6 Å². The molecular weight excluding hydrogens is 453 g/mol. The summed E-state index contributed by atoms with van der Waals surface area (Å²) in [5.41, 5.74) is 2.75. The summed E-state index contributed by atoms with van der Waals surface area (Å²) in [5, 5.41) is 0. The summed E-state index contributed by atoms with van der Waals surface area (Å²) >= 11 is 34.3. The van der Waals surface area contributed by atoms with E-state index in [1.807, 2.05) is 13.8 Å². The Bertz CT molecular complexity index is 506. The molecule has 0 aliphatic carbocycles. The van der Waals surface area contributed by atoms with Crippen LogP contribution in [0.4, 0.5) is 0 Å². The molecule has 0 saturated carbocycles. The minimum absolute atomic E-state index is 0.0581. The van der Waals surface area contributed by atoms with E-state index in [1.54, 1.807) is 6.08 Å². The highest BCUT2D eigenvalue weighted by Gasteiger charge is 2.31. The molecule has 2 unspecified atom stereocenters. The highest BCUT2D eigenvalue weighted by Crippen LogP contribution is 2.40. The first kappa shape index (κ1) is 23.3. The van der Waals surface area contributed by atoms with Crippen LogP contribution in [-0.2, 0) is 15.0 Å². The second-order valence-electron chi connectivity index (χ2n) is 3.59. The lowest BCUT2D eigenvalue weighted by Gasteiger charge is -2.13. The molecule has 0 saturated heterocycles. The van der Waals surface area contributed by atoms with Crippen molar-refractivity contribution in [1.82, 2.24) is 0 Å². The molecule has 126 valence electrons. The summed E-state index contributed by atoms with van der Waals surface area (Å²) in [6.07, 6.45) is 2.27. The van der Waals surface area contributed by atoms with Gasteiger partial charge in [-0.1, -0.05) is 95.1 Å². The van der Waals surface area contributed by atoms with E-state index in [2.05, 4.69) is 17.6 Å². The van der Waals surface area contributed by atoms with Crippen LogP contribution in [0.15, 0.2) is 16.7 Å². The van der Waals surface area contributed by atoms with E-state index < -0.39 is 23.2 Å². The van der Waals surface area contributed by atoms with Crippen LogP contribution in [0.2, 0.25) is 0 Å². The van der Waals surface area contributed by atoms with Crippen molar-refractivity contribution >= 4 is 92.4 Å². The van der Waals surface area contributed by atoms with Crippen molar-refractivity contribution in [1.29, 1.82) is 0 Å². The van der Waals surface area contributed by atoms with Gasteiger partial charge in [-0.25, -0.2) is 4.21 Å². The smallest absolute Gasteiger partial charge is 0.271 e. The molecule has 0 rings (SSSR count). The van der Waals surface area contributed by atoms with Crippen LogP contribution in [0.3, 0.4) is 0 Å². The molecule has 0 N–H and O–H groups in total. The fourth-order valence-corrected chi connectivity index (χ4v) is 2.90. The zero-order chi connectivity index (χ0) is 17.4. The predicted molar refractivity (Wildman–Crippen MR) is 101 cm³/mol. The molecule has 0 spiro atoms. The topological polar surface area (TPSA) is 26.3 Å². The minimum atomic E-state index is -1.99. The SMILES string of the molecule is CCC=C=C(C#CC(CC)OSC(Cl)(Cl)Cl)S(=O)C(Cl)(Cl)Cl.